The Morgan fingerprint density at radius 2 is 2.27 bits per heavy atom. The second-order valence-electron chi connectivity index (χ2n) is 2.88. The van der Waals surface area contributed by atoms with Crippen molar-refractivity contribution < 1.29 is 9.18 Å². The van der Waals surface area contributed by atoms with E-state index >= 15 is 0 Å². The molecule has 0 heterocycles. The van der Waals surface area contributed by atoms with E-state index in [1.54, 1.807) is 12.1 Å². The molecule has 78 valence electrons. The fraction of sp³-hybridized carbons (Fsp3) is 0.182. The number of carbonyl (C=O) groups excluding carboxylic acids is 1. The summed E-state index contributed by atoms with van der Waals surface area (Å²) in [5, 5.41) is 0. The molecule has 1 rings (SSSR count). The van der Waals surface area contributed by atoms with Crippen LogP contribution in [0.15, 0.2) is 18.2 Å². The first-order chi connectivity index (χ1) is 7.13. The predicted octanol–water partition coefficient (Wildman–Crippen LogP) is 1.79. The minimum absolute atomic E-state index is 0.0289. The van der Waals surface area contributed by atoms with Gasteiger partial charge in [-0.05, 0) is 12.1 Å². The van der Waals surface area contributed by atoms with E-state index in [0.29, 0.717) is 11.1 Å². The Kier molecular flexibility index (Phi) is 4.14. The lowest BCUT2D eigenvalue weighted by Gasteiger charge is -1.97. The molecule has 0 spiro atoms. The van der Waals surface area contributed by atoms with E-state index < -0.39 is 11.7 Å². The maximum atomic E-state index is 13.2. The van der Waals surface area contributed by atoms with Crippen molar-refractivity contribution in [1.29, 1.82) is 0 Å². The number of benzene rings is 1. The summed E-state index contributed by atoms with van der Waals surface area (Å²) in [6.45, 7) is 0. The van der Waals surface area contributed by atoms with Crippen LogP contribution in [-0.4, -0.2) is 5.91 Å². The van der Waals surface area contributed by atoms with Crippen molar-refractivity contribution in [1.82, 2.24) is 0 Å². The number of primary amides is 1. The normalized spacial score (nSPS) is 9.20. The van der Waals surface area contributed by atoms with Gasteiger partial charge in [0.15, 0.2) is 0 Å². The molecule has 1 aromatic carbocycles. The van der Waals surface area contributed by atoms with Gasteiger partial charge < -0.3 is 5.73 Å². The Morgan fingerprint density at radius 3 is 2.80 bits per heavy atom. The molecule has 0 saturated heterocycles. The number of hydrogen-bond acceptors (Lipinski definition) is 1. The Labute approximate surface area is 92.2 Å². The zero-order chi connectivity index (χ0) is 11.3. The number of carbonyl (C=O) groups is 1. The van der Waals surface area contributed by atoms with Gasteiger partial charge in [0, 0.05) is 11.1 Å². The molecule has 0 aliphatic carbocycles. The van der Waals surface area contributed by atoms with Crippen LogP contribution in [0.25, 0.3) is 0 Å². The van der Waals surface area contributed by atoms with Crippen molar-refractivity contribution >= 4 is 17.5 Å². The molecule has 4 heteroatoms. The minimum atomic E-state index is -0.500. The second kappa shape index (κ2) is 5.38. The lowest BCUT2D eigenvalue weighted by Crippen LogP contribution is -2.08. The zero-order valence-corrected chi connectivity index (χ0v) is 8.64. The molecule has 0 aromatic heterocycles. The van der Waals surface area contributed by atoms with Crippen molar-refractivity contribution in [3.8, 4) is 11.8 Å². The SMILES string of the molecule is NC(=O)CC#Cc1ccc(CCl)c(F)c1. The Hall–Kier alpha value is -1.53. The molecule has 0 saturated carbocycles. The number of rotatable bonds is 2. The van der Waals surface area contributed by atoms with Crippen LogP contribution in [0.1, 0.15) is 17.5 Å². The number of amides is 1. The Bertz CT molecular complexity index is 434. The summed E-state index contributed by atoms with van der Waals surface area (Å²) in [5.41, 5.74) is 5.83. The number of halogens is 2. The monoisotopic (exact) mass is 225 g/mol. The molecule has 15 heavy (non-hydrogen) atoms. The highest BCUT2D eigenvalue weighted by Gasteiger charge is 2.00. The van der Waals surface area contributed by atoms with Gasteiger partial charge in [-0.15, -0.1) is 11.6 Å². The van der Waals surface area contributed by atoms with Gasteiger partial charge in [-0.1, -0.05) is 17.9 Å². The molecule has 0 aliphatic rings. The lowest BCUT2D eigenvalue weighted by molar-refractivity contribution is -0.117. The van der Waals surface area contributed by atoms with Gasteiger partial charge in [-0.3, -0.25) is 4.79 Å². The fourth-order valence-corrected chi connectivity index (χ4v) is 1.18. The third kappa shape index (κ3) is 3.61. The predicted molar refractivity (Wildman–Crippen MR) is 56.6 cm³/mol. The van der Waals surface area contributed by atoms with E-state index in [-0.39, 0.29) is 12.3 Å². The largest absolute Gasteiger partial charge is 0.369 e. The molecule has 1 amide bonds. The van der Waals surface area contributed by atoms with E-state index in [1.165, 1.54) is 6.07 Å². The first-order valence-corrected chi connectivity index (χ1v) is 4.78. The van der Waals surface area contributed by atoms with E-state index in [2.05, 4.69) is 11.8 Å². The van der Waals surface area contributed by atoms with Crippen molar-refractivity contribution in [3.05, 3.63) is 35.1 Å². The molecular weight excluding hydrogens is 217 g/mol. The van der Waals surface area contributed by atoms with Gasteiger partial charge >= 0.3 is 0 Å². The molecule has 0 aliphatic heterocycles. The molecule has 1 aromatic rings. The average molecular weight is 226 g/mol. The summed E-state index contributed by atoms with van der Waals surface area (Å²) >= 11 is 5.49. The maximum Gasteiger partial charge on any atom is 0.229 e. The van der Waals surface area contributed by atoms with Crippen LogP contribution in [-0.2, 0) is 10.7 Å². The maximum absolute atomic E-state index is 13.2. The van der Waals surface area contributed by atoms with Crippen molar-refractivity contribution in [3.63, 3.8) is 0 Å². The van der Waals surface area contributed by atoms with Crippen LogP contribution in [0.4, 0.5) is 4.39 Å². The van der Waals surface area contributed by atoms with Gasteiger partial charge in [0.25, 0.3) is 0 Å². The lowest BCUT2D eigenvalue weighted by atomic mass is 10.1. The molecular formula is C11H9ClFNO. The van der Waals surface area contributed by atoms with Crippen LogP contribution in [0.5, 0.6) is 0 Å². The van der Waals surface area contributed by atoms with Crippen molar-refractivity contribution in [2.24, 2.45) is 5.73 Å². The fourth-order valence-electron chi connectivity index (χ4n) is 0.967. The number of hydrogen-bond donors (Lipinski definition) is 1. The summed E-state index contributed by atoms with van der Waals surface area (Å²) in [6, 6.07) is 4.50. The smallest absolute Gasteiger partial charge is 0.229 e. The Morgan fingerprint density at radius 1 is 1.53 bits per heavy atom. The number of alkyl halides is 1. The van der Waals surface area contributed by atoms with Gasteiger partial charge in [0.1, 0.15) is 5.82 Å². The third-order valence-electron chi connectivity index (χ3n) is 1.69. The molecule has 0 unspecified atom stereocenters. The third-order valence-corrected chi connectivity index (χ3v) is 1.98. The second-order valence-corrected chi connectivity index (χ2v) is 3.15. The number of nitrogens with two attached hydrogens (primary N) is 1. The topological polar surface area (TPSA) is 43.1 Å². The molecule has 0 radical (unpaired) electrons. The van der Waals surface area contributed by atoms with Gasteiger partial charge in [0.05, 0.1) is 12.3 Å². The van der Waals surface area contributed by atoms with Crippen LogP contribution < -0.4 is 5.73 Å². The van der Waals surface area contributed by atoms with Crippen LogP contribution in [0, 0.1) is 17.7 Å². The standard InChI is InChI=1S/C11H9ClFNO/c12-7-9-5-4-8(6-10(9)13)2-1-3-11(14)15/h4-6H,3,7H2,(H2,14,15). The van der Waals surface area contributed by atoms with Crippen LogP contribution in [0.2, 0.25) is 0 Å². The van der Waals surface area contributed by atoms with E-state index in [9.17, 15) is 9.18 Å². The summed E-state index contributed by atoms with van der Waals surface area (Å²) in [6.07, 6.45) is -0.0289. The summed E-state index contributed by atoms with van der Waals surface area (Å²) in [7, 11) is 0. The highest BCUT2D eigenvalue weighted by atomic mass is 35.5. The molecule has 2 nitrogen and oxygen atoms in total. The van der Waals surface area contributed by atoms with E-state index in [0.717, 1.165) is 0 Å². The highest BCUT2D eigenvalue weighted by Crippen LogP contribution is 2.11. The molecule has 0 atom stereocenters. The zero-order valence-electron chi connectivity index (χ0n) is 7.89. The van der Waals surface area contributed by atoms with Gasteiger partial charge in [-0.2, -0.15) is 0 Å². The molecule has 0 bridgehead atoms. The Balaban J connectivity index is 2.82. The van der Waals surface area contributed by atoms with Crippen molar-refractivity contribution in [2.75, 3.05) is 0 Å². The van der Waals surface area contributed by atoms with Gasteiger partial charge in [0.2, 0.25) is 5.91 Å². The summed E-state index contributed by atoms with van der Waals surface area (Å²) in [5.74, 6) is 4.41. The van der Waals surface area contributed by atoms with Crippen molar-refractivity contribution in [2.45, 2.75) is 12.3 Å². The highest BCUT2D eigenvalue weighted by molar-refractivity contribution is 6.17. The first kappa shape index (κ1) is 11.5. The minimum Gasteiger partial charge on any atom is -0.369 e. The quantitative estimate of drug-likeness (QED) is 0.605. The first-order valence-electron chi connectivity index (χ1n) is 4.25. The van der Waals surface area contributed by atoms with E-state index in [1.807, 2.05) is 0 Å². The summed E-state index contributed by atoms with van der Waals surface area (Å²) in [4.78, 5) is 10.4. The molecule has 0 fully saturated rings. The van der Waals surface area contributed by atoms with Gasteiger partial charge in [-0.25, -0.2) is 4.39 Å². The van der Waals surface area contributed by atoms with Crippen LogP contribution >= 0.6 is 11.6 Å². The average Bonchev–Trinajstić information content (AvgIpc) is 2.17. The van der Waals surface area contributed by atoms with Crippen LogP contribution in [0.3, 0.4) is 0 Å². The summed E-state index contributed by atoms with van der Waals surface area (Å²) < 4.78 is 13.2. The van der Waals surface area contributed by atoms with E-state index in [4.69, 9.17) is 17.3 Å². The molecule has 2 N–H and O–H groups in total.